The predicted molar refractivity (Wildman–Crippen MR) is 68.5 cm³/mol. The van der Waals surface area contributed by atoms with E-state index in [1.54, 1.807) is 0 Å². The summed E-state index contributed by atoms with van der Waals surface area (Å²) in [5.41, 5.74) is 0. The minimum Gasteiger partial charge on any atom is -0.396 e. The van der Waals surface area contributed by atoms with Crippen LogP contribution in [0.5, 0.6) is 0 Å². The van der Waals surface area contributed by atoms with Gasteiger partial charge in [-0.2, -0.15) is 0 Å². The first-order valence-corrected chi connectivity index (χ1v) is 6.51. The molecular weight excluding hydrogens is 216 g/mol. The van der Waals surface area contributed by atoms with E-state index in [9.17, 15) is 15.3 Å². The molecule has 3 nitrogen and oxygen atoms in total. The van der Waals surface area contributed by atoms with Gasteiger partial charge in [0.2, 0.25) is 0 Å². The van der Waals surface area contributed by atoms with Gasteiger partial charge >= 0.3 is 0 Å². The molecule has 3 N–H and O–H groups in total. The summed E-state index contributed by atoms with van der Waals surface area (Å²) in [6.07, 6.45) is 10.3. The topological polar surface area (TPSA) is 60.7 Å². The highest BCUT2D eigenvalue weighted by Gasteiger charge is 2.35. The van der Waals surface area contributed by atoms with Crippen LogP contribution < -0.4 is 0 Å². The number of unbranched alkanes of at least 4 members (excludes halogenated alkanes) is 1. The van der Waals surface area contributed by atoms with Crippen LogP contribution in [0.4, 0.5) is 0 Å². The fourth-order valence-electron chi connectivity index (χ4n) is 2.32. The van der Waals surface area contributed by atoms with Crippen molar-refractivity contribution in [2.24, 2.45) is 11.8 Å². The first kappa shape index (κ1) is 14.4. The second-order valence-corrected chi connectivity index (χ2v) is 4.75. The van der Waals surface area contributed by atoms with Crippen LogP contribution in [-0.2, 0) is 0 Å². The summed E-state index contributed by atoms with van der Waals surface area (Å²) < 4.78 is 0. The number of hydrogen-bond donors (Lipinski definition) is 3. The average Bonchev–Trinajstić information content (AvgIpc) is 2.33. The smallest absolute Gasteiger partial charge is 0.0854 e. The van der Waals surface area contributed by atoms with Gasteiger partial charge in [0.05, 0.1) is 12.2 Å². The summed E-state index contributed by atoms with van der Waals surface area (Å²) in [6.45, 7) is 2.06. The lowest BCUT2D eigenvalue weighted by atomic mass is 9.76. The Bertz CT molecular complexity index is 260. The van der Waals surface area contributed by atoms with Crippen molar-refractivity contribution in [2.45, 2.75) is 44.8 Å². The van der Waals surface area contributed by atoms with Gasteiger partial charge in [-0.3, -0.25) is 0 Å². The van der Waals surface area contributed by atoms with Crippen molar-refractivity contribution >= 4 is 0 Å². The van der Waals surface area contributed by atoms with E-state index in [1.165, 1.54) is 0 Å². The van der Waals surface area contributed by atoms with Crippen molar-refractivity contribution < 1.29 is 15.3 Å². The summed E-state index contributed by atoms with van der Waals surface area (Å²) in [5.74, 6) is -0.0840. The molecule has 98 valence electrons. The average molecular weight is 240 g/mol. The third kappa shape index (κ3) is 4.26. The van der Waals surface area contributed by atoms with E-state index in [-0.39, 0.29) is 18.4 Å². The normalized spacial score (nSPS) is 34.8. The molecule has 0 heterocycles. The van der Waals surface area contributed by atoms with Crippen molar-refractivity contribution in [1.82, 2.24) is 0 Å². The quantitative estimate of drug-likeness (QED) is 0.640. The molecule has 17 heavy (non-hydrogen) atoms. The van der Waals surface area contributed by atoms with Gasteiger partial charge in [-0.1, -0.05) is 37.6 Å². The highest BCUT2D eigenvalue weighted by atomic mass is 16.3. The summed E-state index contributed by atoms with van der Waals surface area (Å²) >= 11 is 0. The first-order chi connectivity index (χ1) is 8.20. The number of allylic oxidation sites excluding steroid dienone is 4. The van der Waals surface area contributed by atoms with Crippen LogP contribution in [0.15, 0.2) is 24.3 Å². The van der Waals surface area contributed by atoms with E-state index < -0.39 is 12.2 Å². The van der Waals surface area contributed by atoms with Gasteiger partial charge in [-0.25, -0.2) is 0 Å². The number of aliphatic hydroxyl groups excluding tert-OH is 3. The Morgan fingerprint density at radius 2 is 1.94 bits per heavy atom. The molecule has 1 rings (SSSR count). The molecule has 0 spiro atoms. The highest BCUT2D eigenvalue weighted by molar-refractivity contribution is 5.07. The standard InChI is InChI=1S/C14H24O3/c1-2-3-4-5-6-7-11-8-9-13(16)14(17)12(11)10-15/h4-7,11-17H,2-3,8-10H2,1H3/b5-4+,7-6+/t11-,12+,13+,14+/m1/s1. The van der Waals surface area contributed by atoms with Gasteiger partial charge in [-0.15, -0.1) is 0 Å². The molecule has 4 atom stereocenters. The third-order valence-corrected chi connectivity index (χ3v) is 3.45. The molecule has 3 heteroatoms. The molecule has 0 unspecified atom stereocenters. The Morgan fingerprint density at radius 3 is 2.59 bits per heavy atom. The molecule has 1 saturated carbocycles. The molecule has 1 aliphatic carbocycles. The fraction of sp³-hybridized carbons (Fsp3) is 0.714. The molecule has 0 bridgehead atoms. The van der Waals surface area contributed by atoms with Crippen molar-refractivity contribution in [3.8, 4) is 0 Å². The maximum Gasteiger partial charge on any atom is 0.0854 e. The summed E-state index contributed by atoms with van der Waals surface area (Å²) in [6, 6.07) is 0. The van der Waals surface area contributed by atoms with Crippen LogP contribution >= 0.6 is 0 Å². The maximum absolute atomic E-state index is 9.79. The molecule has 1 fully saturated rings. The van der Waals surface area contributed by atoms with Crippen molar-refractivity contribution in [3.63, 3.8) is 0 Å². The van der Waals surface area contributed by atoms with Crippen LogP contribution in [-0.4, -0.2) is 34.1 Å². The molecule has 0 radical (unpaired) electrons. The van der Waals surface area contributed by atoms with E-state index in [1.807, 2.05) is 18.2 Å². The number of hydrogen-bond acceptors (Lipinski definition) is 3. The minimum atomic E-state index is -0.803. The van der Waals surface area contributed by atoms with E-state index in [2.05, 4.69) is 13.0 Å². The lowest BCUT2D eigenvalue weighted by Gasteiger charge is -2.36. The van der Waals surface area contributed by atoms with Crippen LogP contribution in [0.3, 0.4) is 0 Å². The van der Waals surface area contributed by atoms with Gasteiger partial charge in [0, 0.05) is 12.5 Å². The van der Waals surface area contributed by atoms with Gasteiger partial charge < -0.3 is 15.3 Å². The first-order valence-electron chi connectivity index (χ1n) is 6.51. The van der Waals surface area contributed by atoms with Crippen LogP contribution in [0.2, 0.25) is 0 Å². The largest absolute Gasteiger partial charge is 0.396 e. The number of rotatable bonds is 5. The molecule has 0 aromatic heterocycles. The molecule has 1 aliphatic rings. The maximum atomic E-state index is 9.79. The van der Waals surface area contributed by atoms with Gasteiger partial charge in [-0.05, 0) is 25.2 Å². The minimum absolute atomic E-state index is 0.0775. The highest BCUT2D eigenvalue weighted by Crippen LogP contribution is 2.31. The molecular formula is C14H24O3. The van der Waals surface area contributed by atoms with E-state index in [4.69, 9.17) is 0 Å². The molecule has 0 amide bonds. The second kappa shape index (κ2) is 7.64. The van der Waals surface area contributed by atoms with Crippen molar-refractivity contribution in [2.75, 3.05) is 6.61 Å². The van der Waals surface area contributed by atoms with E-state index in [0.29, 0.717) is 6.42 Å². The summed E-state index contributed by atoms with van der Waals surface area (Å²) in [5, 5.41) is 28.6. The molecule has 0 aromatic rings. The third-order valence-electron chi connectivity index (χ3n) is 3.45. The monoisotopic (exact) mass is 240 g/mol. The number of aliphatic hydroxyl groups is 3. The fourth-order valence-corrected chi connectivity index (χ4v) is 2.32. The molecule has 0 saturated heterocycles. The van der Waals surface area contributed by atoms with Crippen molar-refractivity contribution in [3.05, 3.63) is 24.3 Å². The zero-order valence-electron chi connectivity index (χ0n) is 10.5. The Kier molecular flexibility index (Phi) is 6.48. The van der Waals surface area contributed by atoms with Crippen LogP contribution in [0, 0.1) is 11.8 Å². The Labute approximate surface area is 103 Å². The van der Waals surface area contributed by atoms with E-state index in [0.717, 1.165) is 19.3 Å². The van der Waals surface area contributed by atoms with Crippen molar-refractivity contribution in [1.29, 1.82) is 0 Å². The van der Waals surface area contributed by atoms with Gasteiger partial charge in [0.15, 0.2) is 0 Å². The van der Waals surface area contributed by atoms with Crippen LogP contribution in [0.1, 0.15) is 32.6 Å². The van der Waals surface area contributed by atoms with Gasteiger partial charge in [0.25, 0.3) is 0 Å². The van der Waals surface area contributed by atoms with E-state index >= 15 is 0 Å². The zero-order valence-corrected chi connectivity index (χ0v) is 10.5. The summed E-state index contributed by atoms with van der Waals surface area (Å²) in [4.78, 5) is 0. The Balaban J connectivity index is 2.51. The second-order valence-electron chi connectivity index (χ2n) is 4.75. The lowest BCUT2D eigenvalue weighted by molar-refractivity contribution is -0.0733. The Morgan fingerprint density at radius 1 is 1.18 bits per heavy atom. The predicted octanol–water partition coefficient (Wildman–Crippen LogP) is 1.64. The molecule has 0 aliphatic heterocycles. The Hall–Kier alpha value is -0.640. The lowest BCUT2D eigenvalue weighted by Crippen LogP contribution is -2.43. The van der Waals surface area contributed by atoms with Crippen LogP contribution in [0.25, 0.3) is 0 Å². The summed E-state index contributed by atoms with van der Waals surface area (Å²) in [7, 11) is 0. The zero-order chi connectivity index (χ0) is 12.7. The van der Waals surface area contributed by atoms with Gasteiger partial charge in [0.1, 0.15) is 0 Å². The SMILES string of the molecule is CCC/C=C/C=C/[C@@H]1CC[C@H](O)[C@@H](O)[C@H]1CO. The molecule has 0 aromatic carbocycles.